The Labute approximate surface area is 165 Å². The normalized spacial score (nSPS) is 22.2. The van der Waals surface area contributed by atoms with Crippen LogP contribution in [0, 0.1) is 23.5 Å². The van der Waals surface area contributed by atoms with Gasteiger partial charge in [-0.25, -0.2) is 13.6 Å². The van der Waals surface area contributed by atoms with E-state index in [-0.39, 0.29) is 23.0 Å². The second-order valence-corrected chi connectivity index (χ2v) is 8.12. The molecule has 1 fully saturated rings. The molecule has 1 heterocycles. The average molecular weight is 406 g/mol. The van der Waals surface area contributed by atoms with Crippen LogP contribution in [0.3, 0.4) is 0 Å². The minimum Gasteiger partial charge on any atom is -0.477 e. The van der Waals surface area contributed by atoms with Gasteiger partial charge in [-0.2, -0.15) is 0 Å². The van der Waals surface area contributed by atoms with Gasteiger partial charge in [-0.15, -0.1) is 11.3 Å². The van der Waals surface area contributed by atoms with Crippen LogP contribution >= 0.6 is 11.3 Å². The van der Waals surface area contributed by atoms with E-state index in [0.29, 0.717) is 24.8 Å². The monoisotopic (exact) mass is 406 g/mol. The fourth-order valence-corrected chi connectivity index (χ4v) is 4.50. The lowest BCUT2D eigenvalue weighted by Crippen LogP contribution is -2.18. The van der Waals surface area contributed by atoms with Crippen molar-refractivity contribution in [1.82, 2.24) is 0 Å². The fourth-order valence-electron chi connectivity index (χ4n) is 3.61. The van der Waals surface area contributed by atoms with Crippen molar-refractivity contribution in [3.8, 4) is 0 Å². The molecule has 1 aliphatic carbocycles. The summed E-state index contributed by atoms with van der Waals surface area (Å²) in [5.41, 5.74) is 0.336. The number of aliphatic hydroxyl groups is 1. The lowest BCUT2D eigenvalue weighted by molar-refractivity contribution is -0.121. The van der Waals surface area contributed by atoms with Crippen molar-refractivity contribution >= 4 is 29.2 Å². The van der Waals surface area contributed by atoms with E-state index in [1.807, 2.05) is 0 Å². The summed E-state index contributed by atoms with van der Waals surface area (Å²) in [6, 6.07) is 6.50. The maximum Gasteiger partial charge on any atom is 0.345 e. The molecule has 148 valence electrons. The highest BCUT2D eigenvalue weighted by Crippen LogP contribution is 2.35. The van der Waals surface area contributed by atoms with Crippen molar-refractivity contribution in [2.24, 2.45) is 11.8 Å². The van der Waals surface area contributed by atoms with Crippen molar-refractivity contribution < 1.29 is 28.6 Å². The van der Waals surface area contributed by atoms with Gasteiger partial charge in [0, 0.05) is 29.2 Å². The Hall–Kier alpha value is -2.38. The largest absolute Gasteiger partial charge is 0.477 e. The van der Waals surface area contributed by atoms with Crippen molar-refractivity contribution in [2.75, 3.05) is 0 Å². The van der Waals surface area contributed by atoms with E-state index in [0.717, 1.165) is 10.9 Å². The van der Waals surface area contributed by atoms with Crippen molar-refractivity contribution in [3.63, 3.8) is 0 Å². The standard InChI is InChI=1S/C21H20F2O4S/c22-13-8-12(9-14(23)10-13)4-6-17-16(18(24)11-19(17)25)3-1-2-15-5-7-20(28-15)21(26)27/h4-10,16-17,19,25H,1-3,11H2,(H,26,27)/b6-4+/t16-,17-,19-/m1/s1. The SMILES string of the molecule is O=C(O)c1ccc(CCC[C@H]2C(=O)C[C@@H](O)[C@@H]2/C=C/c2cc(F)cc(F)c2)s1. The minimum absolute atomic E-state index is 0.0232. The Bertz CT molecular complexity index is 885. The summed E-state index contributed by atoms with van der Waals surface area (Å²) in [6.07, 6.45) is 4.34. The van der Waals surface area contributed by atoms with Crippen LogP contribution in [0.15, 0.2) is 36.4 Å². The van der Waals surface area contributed by atoms with E-state index < -0.39 is 29.6 Å². The highest BCUT2D eigenvalue weighted by Gasteiger charge is 2.39. The molecule has 0 unspecified atom stereocenters. The van der Waals surface area contributed by atoms with Gasteiger partial charge in [-0.3, -0.25) is 4.79 Å². The molecule has 7 heteroatoms. The molecule has 28 heavy (non-hydrogen) atoms. The summed E-state index contributed by atoms with van der Waals surface area (Å²) in [5.74, 6) is -3.11. The van der Waals surface area contributed by atoms with E-state index in [1.165, 1.54) is 29.5 Å². The van der Waals surface area contributed by atoms with Crippen LogP contribution in [0.4, 0.5) is 8.78 Å². The van der Waals surface area contributed by atoms with Crippen LogP contribution in [0.2, 0.25) is 0 Å². The van der Waals surface area contributed by atoms with Gasteiger partial charge in [0.05, 0.1) is 6.10 Å². The molecule has 2 N–H and O–H groups in total. The Morgan fingerprint density at radius 3 is 2.57 bits per heavy atom. The number of hydrogen-bond donors (Lipinski definition) is 2. The quantitative estimate of drug-likeness (QED) is 0.718. The summed E-state index contributed by atoms with van der Waals surface area (Å²) in [4.78, 5) is 24.4. The fraction of sp³-hybridized carbons (Fsp3) is 0.333. The summed E-state index contributed by atoms with van der Waals surface area (Å²) < 4.78 is 26.6. The summed E-state index contributed by atoms with van der Waals surface area (Å²) in [6.45, 7) is 0. The third-order valence-electron chi connectivity index (χ3n) is 4.94. The van der Waals surface area contributed by atoms with Crippen LogP contribution in [0.25, 0.3) is 6.08 Å². The number of benzene rings is 1. The number of carboxylic acid groups (broad SMARTS) is 1. The first-order valence-corrected chi connectivity index (χ1v) is 9.82. The molecule has 3 rings (SSSR count). The minimum atomic E-state index is -0.954. The van der Waals surface area contributed by atoms with Crippen LogP contribution in [0.1, 0.15) is 39.4 Å². The molecule has 0 radical (unpaired) electrons. The zero-order valence-electron chi connectivity index (χ0n) is 15.0. The van der Waals surface area contributed by atoms with Gasteiger partial charge in [0.2, 0.25) is 0 Å². The molecule has 1 aliphatic rings. The molecule has 0 bridgehead atoms. The molecule has 2 aromatic rings. The number of aromatic carboxylic acids is 1. The van der Waals surface area contributed by atoms with Gasteiger partial charge in [0.25, 0.3) is 0 Å². The van der Waals surface area contributed by atoms with E-state index in [9.17, 15) is 23.5 Å². The Kier molecular flexibility index (Phi) is 6.36. The third-order valence-corrected chi connectivity index (χ3v) is 6.07. The molecule has 1 saturated carbocycles. The number of halogens is 2. The number of ketones is 1. The number of thiophene rings is 1. The van der Waals surface area contributed by atoms with Crippen LogP contribution in [0.5, 0.6) is 0 Å². The number of aliphatic hydroxyl groups excluding tert-OH is 1. The number of Topliss-reactive ketones (excluding diaryl/α,β-unsaturated/α-hetero) is 1. The molecular weight excluding hydrogens is 386 g/mol. The van der Waals surface area contributed by atoms with Crippen LogP contribution in [-0.4, -0.2) is 28.1 Å². The molecule has 1 aromatic carbocycles. The van der Waals surface area contributed by atoms with Gasteiger partial charge >= 0.3 is 5.97 Å². The van der Waals surface area contributed by atoms with Crippen molar-refractivity contribution in [3.05, 3.63) is 63.4 Å². The number of carbonyl (C=O) groups excluding carboxylic acids is 1. The van der Waals surface area contributed by atoms with E-state index in [1.54, 1.807) is 18.2 Å². The van der Waals surface area contributed by atoms with E-state index >= 15 is 0 Å². The zero-order valence-corrected chi connectivity index (χ0v) is 15.8. The zero-order chi connectivity index (χ0) is 20.3. The van der Waals surface area contributed by atoms with Crippen LogP contribution in [-0.2, 0) is 11.2 Å². The van der Waals surface area contributed by atoms with Crippen molar-refractivity contribution in [2.45, 2.75) is 31.8 Å². The van der Waals surface area contributed by atoms with E-state index in [4.69, 9.17) is 5.11 Å². The Morgan fingerprint density at radius 2 is 1.93 bits per heavy atom. The number of rotatable bonds is 7. The highest BCUT2D eigenvalue weighted by atomic mass is 32.1. The first-order valence-electron chi connectivity index (χ1n) is 9.00. The predicted molar refractivity (Wildman–Crippen MR) is 102 cm³/mol. The Morgan fingerprint density at radius 1 is 1.21 bits per heavy atom. The first-order chi connectivity index (χ1) is 13.3. The van der Waals surface area contributed by atoms with Gasteiger partial charge in [0.1, 0.15) is 22.3 Å². The molecule has 1 aromatic heterocycles. The predicted octanol–water partition coefficient (Wildman–Crippen LogP) is 4.33. The lowest BCUT2D eigenvalue weighted by atomic mass is 9.88. The molecule has 0 saturated heterocycles. The molecule has 0 amide bonds. The number of aryl methyl sites for hydroxylation is 1. The molecule has 0 aliphatic heterocycles. The second kappa shape index (κ2) is 8.75. The lowest BCUT2D eigenvalue weighted by Gasteiger charge is -2.17. The summed E-state index contributed by atoms with van der Waals surface area (Å²) in [5, 5.41) is 19.2. The smallest absolute Gasteiger partial charge is 0.345 e. The number of hydrogen-bond acceptors (Lipinski definition) is 4. The van der Waals surface area contributed by atoms with Crippen molar-refractivity contribution in [1.29, 1.82) is 0 Å². The van der Waals surface area contributed by atoms with Gasteiger partial charge in [-0.05, 0) is 49.1 Å². The van der Waals surface area contributed by atoms with Gasteiger partial charge < -0.3 is 10.2 Å². The van der Waals surface area contributed by atoms with Crippen LogP contribution < -0.4 is 0 Å². The maximum atomic E-state index is 13.3. The first kappa shape index (κ1) is 20.4. The van der Waals surface area contributed by atoms with E-state index in [2.05, 4.69) is 0 Å². The third kappa shape index (κ3) is 4.91. The molecule has 0 spiro atoms. The van der Waals surface area contributed by atoms with Gasteiger partial charge in [-0.1, -0.05) is 12.2 Å². The molecule has 4 nitrogen and oxygen atoms in total. The second-order valence-electron chi connectivity index (χ2n) is 6.95. The average Bonchev–Trinajstić information content (AvgIpc) is 3.18. The maximum absolute atomic E-state index is 13.3. The number of carbonyl (C=O) groups is 2. The number of carboxylic acids is 1. The molecular formula is C21H20F2O4S. The topological polar surface area (TPSA) is 74.6 Å². The van der Waals surface area contributed by atoms with Gasteiger partial charge in [0.15, 0.2) is 0 Å². The highest BCUT2D eigenvalue weighted by molar-refractivity contribution is 7.13. The Balaban J connectivity index is 1.63. The summed E-state index contributed by atoms with van der Waals surface area (Å²) in [7, 11) is 0. The molecule has 3 atom stereocenters. The summed E-state index contributed by atoms with van der Waals surface area (Å²) >= 11 is 1.22.